The highest BCUT2D eigenvalue weighted by atomic mass is 16.5. The maximum absolute atomic E-state index is 5.24. The molecule has 1 saturated heterocycles. The van der Waals surface area contributed by atoms with Gasteiger partial charge in [-0.2, -0.15) is 0 Å². The lowest BCUT2D eigenvalue weighted by atomic mass is 10.4. The van der Waals surface area contributed by atoms with Crippen molar-refractivity contribution in [2.45, 2.75) is 19.8 Å². The van der Waals surface area contributed by atoms with Crippen LogP contribution in [0.15, 0.2) is 0 Å². The second kappa shape index (κ2) is 4.66. The minimum absolute atomic E-state index is 0.750. The average Bonchev–Trinajstić information content (AvgIpc) is 2.03. The smallest absolute Gasteiger partial charge is 0.112 e. The number of rotatable bonds is 3. The second-order valence-electron chi connectivity index (χ2n) is 2.56. The Morgan fingerprint density at radius 3 is 3.10 bits per heavy atom. The van der Waals surface area contributed by atoms with Gasteiger partial charge < -0.3 is 4.74 Å². The Hall–Kier alpha value is -0.120. The van der Waals surface area contributed by atoms with Crippen molar-refractivity contribution in [1.82, 2.24) is 10.4 Å². The monoisotopic (exact) mass is 144 g/mol. The molecule has 0 unspecified atom stereocenters. The van der Waals surface area contributed by atoms with Crippen LogP contribution >= 0.6 is 0 Å². The van der Waals surface area contributed by atoms with Gasteiger partial charge in [0.1, 0.15) is 6.73 Å². The highest BCUT2D eigenvalue weighted by molar-refractivity contribution is 4.52. The van der Waals surface area contributed by atoms with Crippen LogP contribution in [-0.2, 0) is 4.74 Å². The van der Waals surface area contributed by atoms with E-state index in [1.165, 1.54) is 6.42 Å². The quantitative estimate of drug-likeness (QED) is 0.627. The molecule has 0 aromatic heterocycles. The second-order valence-corrected chi connectivity index (χ2v) is 2.56. The molecule has 0 aliphatic carbocycles. The summed E-state index contributed by atoms with van der Waals surface area (Å²) in [4.78, 5) is 0. The molecule has 10 heavy (non-hydrogen) atoms. The van der Waals surface area contributed by atoms with Gasteiger partial charge in [-0.15, -0.1) is 0 Å². The highest BCUT2D eigenvalue weighted by Gasteiger charge is 2.07. The van der Waals surface area contributed by atoms with Crippen LogP contribution < -0.4 is 5.43 Å². The van der Waals surface area contributed by atoms with E-state index in [2.05, 4.69) is 17.4 Å². The summed E-state index contributed by atoms with van der Waals surface area (Å²) in [5.74, 6) is 0. The van der Waals surface area contributed by atoms with Crippen molar-refractivity contribution in [3.05, 3.63) is 0 Å². The average molecular weight is 144 g/mol. The van der Waals surface area contributed by atoms with Gasteiger partial charge in [0, 0.05) is 19.7 Å². The van der Waals surface area contributed by atoms with Crippen LogP contribution in [0.4, 0.5) is 0 Å². The molecule has 3 heteroatoms. The molecule has 0 aromatic carbocycles. The van der Waals surface area contributed by atoms with Crippen molar-refractivity contribution >= 4 is 0 Å². The van der Waals surface area contributed by atoms with Crippen molar-refractivity contribution in [2.24, 2.45) is 0 Å². The summed E-state index contributed by atoms with van der Waals surface area (Å²) >= 11 is 0. The summed E-state index contributed by atoms with van der Waals surface area (Å²) in [5, 5.41) is 2.13. The Morgan fingerprint density at radius 2 is 2.50 bits per heavy atom. The standard InChI is InChI=1S/C7H16N2O/c1-2-4-8-9-5-3-6-10-7-9/h8H,2-7H2,1H3. The highest BCUT2D eigenvalue weighted by Crippen LogP contribution is 1.96. The summed E-state index contributed by atoms with van der Waals surface area (Å²) in [6.07, 6.45) is 2.33. The van der Waals surface area contributed by atoms with E-state index >= 15 is 0 Å². The summed E-state index contributed by atoms with van der Waals surface area (Å²) < 4.78 is 5.24. The minimum atomic E-state index is 0.750. The first-order chi connectivity index (χ1) is 4.93. The zero-order chi connectivity index (χ0) is 7.23. The first-order valence-electron chi connectivity index (χ1n) is 3.99. The van der Waals surface area contributed by atoms with Gasteiger partial charge in [-0.3, -0.25) is 5.43 Å². The molecule has 1 N–H and O–H groups in total. The van der Waals surface area contributed by atoms with Crippen molar-refractivity contribution in [1.29, 1.82) is 0 Å². The molecule has 1 fully saturated rings. The molecular weight excluding hydrogens is 128 g/mol. The summed E-state index contributed by atoms with van der Waals surface area (Å²) in [6, 6.07) is 0. The molecule has 60 valence electrons. The molecule has 1 aliphatic heterocycles. The van der Waals surface area contributed by atoms with Gasteiger partial charge in [-0.05, 0) is 12.8 Å². The molecular formula is C7H16N2O. The third kappa shape index (κ3) is 2.64. The zero-order valence-electron chi connectivity index (χ0n) is 6.60. The van der Waals surface area contributed by atoms with Gasteiger partial charge in [0.25, 0.3) is 0 Å². The third-order valence-corrected chi connectivity index (χ3v) is 1.55. The normalized spacial score (nSPS) is 21.3. The molecule has 0 radical (unpaired) electrons. The Balaban J connectivity index is 2.02. The van der Waals surface area contributed by atoms with Gasteiger partial charge in [0.05, 0.1) is 0 Å². The van der Waals surface area contributed by atoms with Crippen LogP contribution in [0.25, 0.3) is 0 Å². The Morgan fingerprint density at radius 1 is 1.60 bits per heavy atom. The van der Waals surface area contributed by atoms with Gasteiger partial charge >= 0.3 is 0 Å². The lowest BCUT2D eigenvalue weighted by Crippen LogP contribution is -2.43. The maximum atomic E-state index is 5.24. The van der Waals surface area contributed by atoms with E-state index in [1.807, 2.05) is 0 Å². The van der Waals surface area contributed by atoms with Crippen LogP contribution in [-0.4, -0.2) is 31.4 Å². The number of nitrogens with one attached hydrogen (secondary N) is 1. The Bertz CT molecular complexity index is 81.7. The van der Waals surface area contributed by atoms with E-state index < -0.39 is 0 Å². The van der Waals surface area contributed by atoms with Crippen LogP contribution in [0.2, 0.25) is 0 Å². The fourth-order valence-electron chi connectivity index (χ4n) is 0.991. The largest absolute Gasteiger partial charge is 0.365 e. The van der Waals surface area contributed by atoms with Crippen LogP contribution in [0.1, 0.15) is 19.8 Å². The maximum Gasteiger partial charge on any atom is 0.112 e. The predicted octanol–water partition coefficient (Wildman–Crippen LogP) is 0.581. The molecule has 1 aliphatic rings. The van der Waals surface area contributed by atoms with Crippen molar-refractivity contribution < 1.29 is 4.74 Å². The van der Waals surface area contributed by atoms with Gasteiger partial charge in [-0.25, -0.2) is 5.01 Å². The SMILES string of the molecule is CCCNN1CCCOC1. The number of ether oxygens (including phenoxy) is 1. The van der Waals surface area contributed by atoms with E-state index in [4.69, 9.17) is 4.74 Å². The zero-order valence-corrected chi connectivity index (χ0v) is 6.60. The Labute approximate surface area is 62.3 Å². The van der Waals surface area contributed by atoms with Crippen molar-refractivity contribution in [2.75, 3.05) is 26.4 Å². The minimum Gasteiger partial charge on any atom is -0.365 e. The lowest BCUT2D eigenvalue weighted by Gasteiger charge is -2.26. The third-order valence-electron chi connectivity index (χ3n) is 1.55. The van der Waals surface area contributed by atoms with Crippen LogP contribution in [0.5, 0.6) is 0 Å². The fourth-order valence-corrected chi connectivity index (χ4v) is 0.991. The van der Waals surface area contributed by atoms with Gasteiger partial charge in [0.15, 0.2) is 0 Å². The molecule has 0 spiro atoms. The number of hydrogen-bond donors (Lipinski definition) is 1. The van der Waals surface area contributed by atoms with Crippen molar-refractivity contribution in [3.8, 4) is 0 Å². The fraction of sp³-hybridized carbons (Fsp3) is 1.00. The first-order valence-corrected chi connectivity index (χ1v) is 3.99. The molecule has 3 nitrogen and oxygen atoms in total. The molecule has 0 aromatic rings. The number of hydrazine groups is 1. The number of hydrogen-bond acceptors (Lipinski definition) is 3. The number of nitrogens with zero attached hydrogens (tertiary/aromatic N) is 1. The molecule has 0 amide bonds. The molecule has 0 bridgehead atoms. The van der Waals surface area contributed by atoms with E-state index in [0.717, 1.165) is 32.8 Å². The molecule has 0 atom stereocenters. The summed E-state index contributed by atoms with van der Waals surface area (Å²) in [5.41, 5.74) is 3.28. The van der Waals surface area contributed by atoms with E-state index in [9.17, 15) is 0 Å². The van der Waals surface area contributed by atoms with E-state index in [0.29, 0.717) is 0 Å². The van der Waals surface area contributed by atoms with Crippen LogP contribution in [0, 0.1) is 0 Å². The van der Waals surface area contributed by atoms with Gasteiger partial charge in [-0.1, -0.05) is 6.92 Å². The van der Waals surface area contributed by atoms with Crippen LogP contribution in [0.3, 0.4) is 0 Å². The lowest BCUT2D eigenvalue weighted by molar-refractivity contribution is -0.0411. The predicted molar refractivity (Wildman–Crippen MR) is 40.4 cm³/mol. The molecule has 1 heterocycles. The van der Waals surface area contributed by atoms with E-state index in [1.54, 1.807) is 0 Å². The Kier molecular flexibility index (Phi) is 3.72. The summed E-state index contributed by atoms with van der Waals surface area (Å²) in [6.45, 7) is 6.02. The first kappa shape index (κ1) is 7.98. The van der Waals surface area contributed by atoms with E-state index in [-0.39, 0.29) is 0 Å². The molecule has 1 rings (SSSR count). The van der Waals surface area contributed by atoms with Gasteiger partial charge in [0.2, 0.25) is 0 Å². The molecule has 0 saturated carbocycles. The summed E-state index contributed by atoms with van der Waals surface area (Å²) in [7, 11) is 0. The van der Waals surface area contributed by atoms with Crippen molar-refractivity contribution in [3.63, 3.8) is 0 Å². The topological polar surface area (TPSA) is 24.5 Å².